The highest BCUT2D eigenvalue weighted by molar-refractivity contribution is 7.13. The average Bonchev–Trinajstić information content (AvgIpc) is 3.61. The van der Waals surface area contributed by atoms with Gasteiger partial charge in [-0.15, -0.1) is 54.7 Å². The number of ether oxygens (including phenoxy) is 1. The lowest BCUT2D eigenvalue weighted by Crippen LogP contribution is -2.41. The largest absolute Gasteiger partial charge is 0.407 e. The molecule has 0 amide bonds. The molecular formula is C26H35Cl3N6O2S2Si. The standard InChI is InChI=1S/C16H25Cl2N3OSSi.C10H10ClN3OS/c1-10(22-24(6,7)16(3,4)5)14-20-19-11(2)21(14)15-12(8-17)13(18)9-23-15;1-5-9-13-12-6(2)14(9)10-7(3-15-5)8(11)4-16-10/h9-10H,8H2,1-7H3;4-5H,3H2,1-2H3/t10-;5-/m00/s1. The van der Waals surface area contributed by atoms with Gasteiger partial charge in [0.2, 0.25) is 0 Å². The lowest BCUT2D eigenvalue weighted by Gasteiger charge is -2.38. The molecule has 0 aromatic carbocycles. The Bertz CT molecular complexity index is 1490. The van der Waals surface area contributed by atoms with Crippen molar-refractivity contribution in [3.8, 4) is 10.0 Å². The van der Waals surface area contributed by atoms with Crippen LogP contribution in [0.3, 0.4) is 0 Å². The topological polar surface area (TPSA) is 79.9 Å². The maximum Gasteiger partial charge on any atom is 0.193 e. The van der Waals surface area contributed by atoms with Crippen LogP contribution in [0, 0.1) is 13.8 Å². The van der Waals surface area contributed by atoms with Crippen molar-refractivity contribution < 1.29 is 9.16 Å². The van der Waals surface area contributed by atoms with Crippen LogP contribution in [-0.2, 0) is 21.6 Å². The van der Waals surface area contributed by atoms with Gasteiger partial charge in [0, 0.05) is 21.9 Å². The first-order valence-electron chi connectivity index (χ1n) is 12.9. The van der Waals surface area contributed by atoms with E-state index in [9.17, 15) is 0 Å². The van der Waals surface area contributed by atoms with Gasteiger partial charge in [-0.2, -0.15) is 0 Å². The van der Waals surface area contributed by atoms with Crippen molar-refractivity contribution in [2.75, 3.05) is 0 Å². The molecular weight excluding hydrogens is 627 g/mol. The number of aromatic nitrogens is 6. The number of aryl methyl sites for hydroxylation is 2. The zero-order valence-electron chi connectivity index (χ0n) is 24.2. The molecule has 5 heterocycles. The fourth-order valence-electron chi connectivity index (χ4n) is 4.07. The molecule has 14 heteroatoms. The van der Waals surface area contributed by atoms with Gasteiger partial charge in [0.25, 0.3) is 0 Å². The normalized spacial score (nSPS) is 16.1. The van der Waals surface area contributed by atoms with E-state index >= 15 is 0 Å². The predicted octanol–water partition coefficient (Wildman–Crippen LogP) is 8.99. The summed E-state index contributed by atoms with van der Waals surface area (Å²) in [6.07, 6.45) is -0.215. The number of rotatable bonds is 5. The summed E-state index contributed by atoms with van der Waals surface area (Å²) in [7, 11) is -1.91. The highest BCUT2D eigenvalue weighted by atomic mass is 35.5. The van der Waals surface area contributed by atoms with Crippen LogP contribution in [0.4, 0.5) is 0 Å². The van der Waals surface area contributed by atoms with Crippen molar-refractivity contribution in [3.63, 3.8) is 0 Å². The molecule has 0 spiro atoms. The fraction of sp³-hybridized carbons (Fsp3) is 0.538. The molecule has 4 aromatic heterocycles. The Morgan fingerprint density at radius 2 is 1.62 bits per heavy atom. The first-order chi connectivity index (χ1) is 18.7. The third-order valence-corrected chi connectivity index (χ3v) is 15.1. The number of thiophene rings is 2. The zero-order valence-corrected chi connectivity index (χ0v) is 29.1. The molecule has 5 rings (SSSR count). The first-order valence-corrected chi connectivity index (χ1v) is 18.8. The van der Waals surface area contributed by atoms with Crippen LogP contribution >= 0.6 is 57.5 Å². The van der Waals surface area contributed by atoms with Gasteiger partial charge in [-0.05, 0) is 45.8 Å². The summed E-state index contributed by atoms with van der Waals surface area (Å²) in [5.41, 5.74) is 1.94. The van der Waals surface area contributed by atoms with Crippen molar-refractivity contribution in [2.45, 2.75) is 91.3 Å². The lowest BCUT2D eigenvalue weighted by molar-refractivity contribution is 0.0497. The highest BCUT2D eigenvalue weighted by Crippen LogP contribution is 2.41. The minimum Gasteiger partial charge on any atom is -0.407 e. The fourth-order valence-corrected chi connectivity index (χ4v) is 8.52. The molecule has 8 nitrogen and oxygen atoms in total. The molecule has 0 saturated carbocycles. The van der Waals surface area contributed by atoms with Crippen LogP contribution in [0.15, 0.2) is 10.8 Å². The summed E-state index contributed by atoms with van der Waals surface area (Å²) in [5, 5.41) is 24.3. The van der Waals surface area contributed by atoms with Crippen LogP contribution in [-0.4, -0.2) is 37.8 Å². The minimum absolute atomic E-state index is 0.0585. The number of hydrogen-bond donors (Lipinski definition) is 0. The van der Waals surface area contributed by atoms with E-state index in [2.05, 4.69) is 54.3 Å². The third-order valence-electron chi connectivity index (χ3n) is 7.36. The zero-order chi connectivity index (χ0) is 29.6. The molecule has 0 aliphatic carbocycles. The average molecular weight is 662 g/mol. The highest BCUT2D eigenvalue weighted by Gasteiger charge is 2.39. The second-order valence-corrected chi connectivity index (χ2v) is 18.8. The number of alkyl halides is 1. The number of halogens is 3. The maximum atomic E-state index is 6.50. The second kappa shape index (κ2) is 12.1. The minimum atomic E-state index is -1.91. The van der Waals surface area contributed by atoms with E-state index < -0.39 is 8.32 Å². The van der Waals surface area contributed by atoms with Crippen LogP contribution in [0.5, 0.6) is 0 Å². The van der Waals surface area contributed by atoms with E-state index in [4.69, 9.17) is 44.0 Å². The second-order valence-electron chi connectivity index (χ2n) is 11.2. The van der Waals surface area contributed by atoms with Gasteiger partial charge in [-0.3, -0.25) is 9.13 Å². The van der Waals surface area contributed by atoms with E-state index in [0.29, 0.717) is 17.5 Å². The van der Waals surface area contributed by atoms with E-state index in [1.54, 1.807) is 22.7 Å². The Kier molecular flexibility index (Phi) is 9.58. The predicted molar refractivity (Wildman–Crippen MR) is 167 cm³/mol. The molecule has 1 aliphatic rings. The SMILES string of the molecule is Cc1nnc([C@H](C)O[Si](C)(C)C(C)(C)C)n1-c1scc(Cl)c1CCl.Cc1nnc2n1-c1scc(Cl)c1CO[C@H]2C. The van der Waals surface area contributed by atoms with E-state index in [0.717, 1.165) is 49.4 Å². The molecule has 40 heavy (non-hydrogen) atoms. The van der Waals surface area contributed by atoms with Crippen LogP contribution < -0.4 is 0 Å². The third kappa shape index (κ3) is 6.08. The molecule has 218 valence electrons. The summed E-state index contributed by atoms with van der Waals surface area (Å²) in [4.78, 5) is 0. The first kappa shape index (κ1) is 31.6. The molecule has 2 atom stereocenters. The molecule has 0 unspecified atom stereocenters. The van der Waals surface area contributed by atoms with Gasteiger partial charge < -0.3 is 9.16 Å². The van der Waals surface area contributed by atoms with Gasteiger partial charge in [-0.25, -0.2) is 0 Å². The molecule has 0 radical (unpaired) electrons. The number of nitrogens with zero attached hydrogens (tertiary/aromatic N) is 6. The summed E-state index contributed by atoms with van der Waals surface area (Å²) >= 11 is 21.6. The maximum absolute atomic E-state index is 6.50. The van der Waals surface area contributed by atoms with Crippen molar-refractivity contribution >= 4 is 65.8 Å². The summed E-state index contributed by atoms with van der Waals surface area (Å²) in [5.74, 6) is 3.66. The van der Waals surface area contributed by atoms with E-state index in [1.807, 2.05) is 47.6 Å². The summed E-state index contributed by atoms with van der Waals surface area (Å²) in [6.45, 7) is 19.6. The monoisotopic (exact) mass is 660 g/mol. The quantitative estimate of drug-likeness (QED) is 0.157. The smallest absolute Gasteiger partial charge is 0.193 e. The lowest BCUT2D eigenvalue weighted by atomic mass is 10.2. The molecule has 1 aliphatic heterocycles. The van der Waals surface area contributed by atoms with Gasteiger partial charge in [0.1, 0.15) is 33.9 Å². The van der Waals surface area contributed by atoms with E-state index in [-0.39, 0.29) is 17.2 Å². The summed E-state index contributed by atoms with van der Waals surface area (Å²) in [6, 6.07) is 0. The Morgan fingerprint density at radius 3 is 2.27 bits per heavy atom. The Hall–Kier alpha value is -1.31. The van der Waals surface area contributed by atoms with Crippen molar-refractivity contribution in [2.24, 2.45) is 0 Å². The van der Waals surface area contributed by atoms with Gasteiger partial charge in [-0.1, -0.05) is 44.0 Å². The van der Waals surface area contributed by atoms with Gasteiger partial charge in [0.05, 0.1) is 22.5 Å². The van der Waals surface area contributed by atoms with Gasteiger partial charge >= 0.3 is 0 Å². The van der Waals surface area contributed by atoms with Crippen LogP contribution in [0.25, 0.3) is 10.0 Å². The van der Waals surface area contributed by atoms with Crippen molar-refractivity contribution in [1.29, 1.82) is 0 Å². The molecule has 0 N–H and O–H groups in total. The number of fused-ring (bicyclic) bond motifs is 3. The molecule has 0 saturated heterocycles. The Labute approximate surface area is 259 Å². The Morgan fingerprint density at radius 1 is 1.02 bits per heavy atom. The number of hydrogen-bond acceptors (Lipinski definition) is 8. The van der Waals surface area contributed by atoms with Crippen molar-refractivity contribution in [3.05, 3.63) is 55.2 Å². The van der Waals surface area contributed by atoms with Crippen molar-refractivity contribution in [1.82, 2.24) is 29.5 Å². The van der Waals surface area contributed by atoms with Crippen LogP contribution in [0.2, 0.25) is 28.2 Å². The Balaban J connectivity index is 0.000000199. The summed E-state index contributed by atoms with van der Waals surface area (Å²) < 4.78 is 16.3. The molecule has 0 bridgehead atoms. The molecule has 0 fully saturated rings. The van der Waals surface area contributed by atoms with E-state index in [1.165, 1.54) is 0 Å². The van der Waals surface area contributed by atoms with Gasteiger partial charge in [0.15, 0.2) is 20.0 Å². The van der Waals surface area contributed by atoms with Crippen LogP contribution in [0.1, 0.15) is 81.3 Å². The molecule has 4 aromatic rings.